The third-order valence-electron chi connectivity index (χ3n) is 10.5. The molecule has 0 aliphatic carbocycles. The van der Waals surface area contributed by atoms with E-state index >= 15 is 0 Å². The molecule has 0 saturated heterocycles. The number of rotatable bonds is 44. The van der Waals surface area contributed by atoms with Gasteiger partial charge in [0, 0.05) is 12.8 Å². The zero-order chi connectivity index (χ0) is 42.8. The average molecular weight is 842 g/mol. The zero-order valence-corrected chi connectivity index (χ0v) is 39.4. The standard InChI is InChI=1S/C48H92NO8P/c1-6-8-10-12-14-16-18-20-22-23-24-25-27-28-30-32-34-36-38-40-47(50)54-44-46(45-56-58(52,53)55-43-42-49(3,4)5)57-48(51)41-39-37-35-33-31-29-26-21-19-17-15-13-11-9-7-2/h21,26,31,33,46H,6-20,22-25,27-30,32,34-45H2,1-5H3/b26-21+,33-31+/t46-/m1/s1. The Balaban J connectivity index is 4.30. The first-order valence-electron chi connectivity index (χ1n) is 24.0. The van der Waals surface area contributed by atoms with Crippen LogP contribution < -0.4 is 4.89 Å². The van der Waals surface area contributed by atoms with Gasteiger partial charge in [0.2, 0.25) is 0 Å². The second-order valence-corrected chi connectivity index (χ2v) is 18.9. The van der Waals surface area contributed by atoms with Crippen LogP contribution in [0.4, 0.5) is 0 Å². The minimum absolute atomic E-state index is 0.0346. The smallest absolute Gasteiger partial charge is 0.306 e. The summed E-state index contributed by atoms with van der Waals surface area (Å²) < 4.78 is 33.9. The minimum Gasteiger partial charge on any atom is -0.756 e. The largest absolute Gasteiger partial charge is 0.756 e. The van der Waals surface area contributed by atoms with E-state index in [1.165, 1.54) is 141 Å². The molecule has 0 aromatic heterocycles. The van der Waals surface area contributed by atoms with Crippen LogP contribution in [0.5, 0.6) is 0 Å². The number of phosphoric ester groups is 1. The average Bonchev–Trinajstić information content (AvgIpc) is 3.17. The normalized spacial score (nSPS) is 13.7. The van der Waals surface area contributed by atoms with Gasteiger partial charge in [-0.25, -0.2) is 0 Å². The Hall–Kier alpha value is -1.51. The third kappa shape index (κ3) is 44.1. The number of ether oxygens (including phenoxy) is 2. The van der Waals surface area contributed by atoms with Gasteiger partial charge in [0.25, 0.3) is 7.82 Å². The molecule has 0 amide bonds. The molecule has 0 rings (SSSR count). The summed E-state index contributed by atoms with van der Waals surface area (Å²) in [5.74, 6) is -0.863. The van der Waals surface area contributed by atoms with Crippen LogP contribution in [0.1, 0.15) is 219 Å². The number of allylic oxidation sites excluding steroid dienone is 4. The molecule has 1 unspecified atom stereocenters. The number of esters is 2. The van der Waals surface area contributed by atoms with E-state index in [1.54, 1.807) is 0 Å². The van der Waals surface area contributed by atoms with E-state index in [0.717, 1.165) is 44.9 Å². The summed E-state index contributed by atoms with van der Waals surface area (Å²) in [5, 5.41) is 0. The highest BCUT2D eigenvalue weighted by atomic mass is 31.2. The topological polar surface area (TPSA) is 111 Å². The number of phosphoric acid groups is 1. The Morgan fingerprint density at radius 1 is 0.534 bits per heavy atom. The molecule has 0 fully saturated rings. The highest BCUT2D eigenvalue weighted by Gasteiger charge is 2.21. The van der Waals surface area contributed by atoms with Crippen LogP contribution >= 0.6 is 7.82 Å². The lowest BCUT2D eigenvalue weighted by Crippen LogP contribution is -2.37. The van der Waals surface area contributed by atoms with Gasteiger partial charge in [0.15, 0.2) is 6.10 Å². The summed E-state index contributed by atoms with van der Waals surface area (Å²) in [4.78, 5) is 37.6. The molecule has 0 spiro atoms. The van der Waals surface area contributed by atoms with Gasteiger partial charge < -0.3 is 27.9 Å². The molecule has 0 aliphatic heterocycles. The number of carbonyl (C=O) groups excluding carboxylic acids is 2. The van der Waals surface area contributed by atoms with E-state index in [0.29, 0.717) is 17.4 Å². The number of hydrogen-bond donors (Lipinski definition) is 0. The molecule has 0 aliphatic rings. The van der Waals surface area contributed by atoms with Crippen molar-refractivity contribution in [3.63, 3.8) is 0 Å². The van der Waals surface area contributed by atoms with Crippen LogP contribution in [0.15, 0.2) is 24.3 Å². The van der Waals surface area contributed by atoms with Crippen LogP contribution in [0, 0.1) is 0 Å². The fourth-order valence-electron chi connectivity index (χ4n) is 6.69. The fraction of sp³-hybridized carbons (Fsp3) is 0.875. The lowest BCUT2D eigenvalue weighted by molar-refractivity contribution is -0.870. The summed E-state index contributed by atoms with van der Waals surface area (Å²) in [6.45, 7) is 4.21. The molecule has 342 valence electrons. The second-order valence-electron chi connectivity index (χ2n) is 17.5. The monoisotopic (exact) mass is 842 g/mol. The molecule has 2 atom stereocenters. The van der Waals surface area contributed by atoms with Gasteiger partial charge in [-0.2, -0.15) is 0 Å². The number of hydrogen-bond acceptors (Lipinski definition) is 8. The van der Waals surface area contributed by atoms with Gasteiger partial charge >= 0.3 is 11.9 Å². The van der Waals surface area contributed by atoms with Crippen molar-refractivity contribution in [1.29, 1.82) is 0 Å². The SMILES string of the molecule is CCCCCCCC/C=C/C/C=C/CCCCC(=O)O[C@H](COC(=O)CCCCCCCCCCCCCCCCCCCCC)COP(=O)([O-])OCC[N+](C)(C)C. The number of likely N-dealkylation sites (N-methyl/N-ethyl adjacent to an activating group) is 1. The Morgan fingerprint density at radius 2 is 0.931 bits per heavy atom. The molecule has 9 nitrogen and oxygen atoms in total. The van der Waals surface area contributed by atoms with Crippen molar-refractivity contribution in [1.82, 2.24) is 0 Å². The van der Waals surface area contributed by atoms with E-state index in [9.17, 15) is 19.0 Å². The predicted octanol–water partition coefficient (Wildman–Crippen LogP) is 13.3. The first kappa shape index (κ1) is 56.5. The Labute approximate surface area is 358 Å². The first-order chi connectivity index (χ1) is 28.0. The molecular formula is C48H92NO8P. The summed E-state index contributed by atoms with van der Waals surface area (Å²) in [6, 6.07) is 0. The van der Waals surface area contributed by atoms with E-state index in [4.69, 9.17) is 18.5 Å². The van der Waals surface area contributed by atoms with Crippen molar-refractivity contribution in [3.8, 4) is 0 Å². The summed E-state index contributed by atoms with van der Waals surface area (Å²) in [5.41, 5.74) is 0. The Kier molecular flexibility index (Phi) is 39.8. The van der Waals surface area contributed by atoms with Crippen molar-refractivity contribution >= 4 is 19.8 Å². The molecule has 58 heavy (non-hydrogen) atoms. The maximum atomic E-state index is 12.7. The second kappa shape index (κ2) is 40.9. The van der Waals surface area contributed by atoms with Crippen LogP contribution in [0.25, 0.3) is 0 Å². The van der Waals surface area contributed by atoms with Gasteiger partial charge in [-0.05, 0) is 44.9 Å². The van der Waals surface area contributed by atoms with E-state index < -0.39 is 26.5 Å². The van der Waals surface area contributed by atoms with E-state index in [1.807, 2.05) is 21.1 Å². The first-order valence-corrected chi connectivity index (χ1v) is 25.5. The van der Waals surface area contributed by atoms with Gasteiger partial charge in [-0.15, -0.1) is 0 Å². The molecule has 0 aromatic rings. The van der Waals surface area contributed by atoms with Crippen LogP contribution in [0.2, 0.25) is 0 Å². The fourth-order valence-corrected chi connectivity index (χ4v) is 7.41. The van der Waals surface area contributed by atoms with Crippen molar-refractivity contribution < 1.29 is 42.1 Å². The van der Waals surface area contributed by atoms with Gasteiger partial charge in [0.1, 0.15) is 19.8 Å². The third-order valence-corrected chi connectivity index (χ3v) is 11.4. The van der Waals surface area contributed by atoms with Gasteiger partial charge in [0.05, 0.1) is 27.7 Å². The summed E-state index contributed by atoms with van der Waals surface area (Å²) in [6.07, 6.45) is 45.0. The highest BCUT2D eigenvalue weighted by molar-refractivity contribution is 7.45. The van der Waals surface area contributed by atoms with Crippen molar-refractivity contribution in [2.45, 2.75) is 225 Å². The summed E-state index contributed by atoms with van der Waals surface area (Å²) >= 11 is 0. The maximum absolute atomic E-state index is 12.7. The Morgan fingerprint density at radius 3 is 1.40 bits per heavy atom. The molecular weight excluding hydrogens is 750 g/mol. The maximum Gasteiger partial charge on any atom is 0.306 e. The predicted molar refractivity (Wildman–Crippen MR) is 241 cm³/mol. The van der Waals surface area contributed by atoms with Gasteiger partial charge in [-0.1, -0.05) is 186 Å². The van der Waals surface area contributed by atoms with Crippen LogP contribution in [-0.4, -0.2) is 70.0 Å². The molecule has 0 bridgehead atoms. The molecule has 0 radical (unpaired) electrons. The summed E-state index contributed by atoms with van der Waals surface area (Å²) in [7, 11) is 1.15. The van der Waals surface area contributed by atoms with Crippen molar-refractivity contribution in [2.75, 3.05) is 47.5 Å². The lowest BCUT2D eigenvalue weighted by atomic mass is 10.0. The number of quaternary nitrogens is 1. The minimum atomic E-state index is -4.63. The molecule has 0 aromatic carbocycles. The highest BCUT2D eigenvalue weighted by Crippen LogP contribution is 2.38. The van der Waals surface area contributed by atoms with Crippen molar-refractivity contribution in [3.05, 3.63) is 24.3 Å². The van der Waals surface area contributed by atoms with Gasteiger partial charge in [-0.3, -0.25) is 14.2 Å². The Bertz CT molecular complexity index is 1040. The van der Waals surface area contributed by atoms with E-state index in [2.05, 4.69) is 38.2 Å². The zero-order valence-electron chi connectivity index (χ0n) is 38.5. The lowest BCUT2D eigenvalue weighted by Gasteiger charge is -2.28. The molecule has 0 N–H and O–H groups in total. The number of unbranched alkanes of at least 4 members (excludes halogenated alkanes) is 26. The quantitative estimate of drug-likeness (QED) is 0.0196. The van der Waals surface area contributed by atoms with E-state index in [-0.39, 0.29) is 32.0 Å². The number of nitrogens with zero attached hydrogens (tertiary/aromatic N) is 1. The number of carbonyl (C=O) groups is 2. The molecule has 0 saturated carbocycles. The van der Waals surface area contributed by atoms with Crippen molar-refractivity contribution in [2.24, 2.45) is 0 Å². The molecule has 0 heterocycles. The van der Waals surface area contributed by atoms with Crippen LogP contribution in [-0.2, 0) is 32.7 Å². The van der Waals surface area contributed by atoms with Crippen LogP contribution in [0.3, 0.4) is 0 Å². The molecule has 10 heteroatoms.